The summed E-state index contributed by atoms with van der Waals surface area (Å²) in [4.78, 5) is 23.1. The highest BCUT2D eigenvalue weighted by molar-refractivity contribution is 6.39. The van der Waals surface area contributed by atoms with Crippen molar-refractivity contribution in [3.8, 4) is 0 Å². The summed E-state index contributed by atoms with van der Waals surface area (Å²) in [6, 6.07) is 6.74. The van der Waals surface area contributed by atoms with Crippen molar-refractivity contribution >= 4 is 52.2 Å². The summed E-state index contributed by atoms with van der Waals surface area (Å²) in [5.41, 5.74) is 0.409. The van der Waals surface area contributed by atoms with Crippen LogP contribution in [0.5, 0.6) is 0 Å². The lowest BCUT2D eigenvalue weighted by atomic mass is 10.3. The number of hydrogen-bond donors (Lipinski definition) is 1. The Kier molecular flexibility index (Phi) is 5.67. The molecular formula is C17H17Cl3N4O. The van der Waals surface area contributed by atoms with Gasteiger partial charge in [-0.25, -0.2) is 9.97 Å². The van der Waals surface area contributed by atoms with Crippen LogP contribution in [0.3, 0.4) is 0 Å². The van der Waals surface area contributed by atoms with Gasteiger partial charge in [0.15, 0.2) is 0 Å². The molecule has 0 spiro atoms. The highest BCUT2D eigenvalue weighted by atomic mass is 35.5. The van der Waals surface area contributed by atoms with Gasteiger partial charge in [0.25, 0.3) is 0 Å². The largest absolute Gasteiger partial charge is 0.347 e. The number of halogens is 3. The monoisotopic (exact) mass is 398 g/mol. The molecule has 132 valence electrons. The maximum atomic E-state index is 12.4. The summed E-state index contributed by atoms with van der Waals surface area (Å²) in [7, 11) is 0. The standard InChI is InChI=1S/C17H17Cl3N4O/c1-2-24(14-8-13(20)21-17(22-14)10-6-7-10)9-15(25)23-16-11(18)4-3-5-12(16)19/h3-5,8,10H,2,6-7,9H2,1H3,(H,23,25). The molecule has 0 unspecified atom stereocenters. The summed E-state index contributed by atoms with van der Waals surface area (Å²) in [5.74, 6) is 1.53. The molecule has 3 rings (SSSR count). The van der Waals surface area contributed by atoms with Crippen LogP contribution in [-0.2, 0) is 4.79 Å². The summed E-state index contributed by atoms with van der Waals surface area (Å²) in [6.45, 7) is 2.65. The van der Waals surface area contributed by atoms with Crippen molar-refractivity contribution < 1.29 is 4.79 Å². The van der Waals surface area contributed by atoms with Crippen LogP contribution < -0.4 is 10.2 Å². The minimum absolute atomic E-state index is 0.107. The van der Waals surface area contributed by atoms with E-state index in [4.69, 9.17) is 34.8 Å². The number of para-hydroxylation sites is 1. The number of rotatable bonds is 6. The van der Waals surface area contributed by atoms with Crippen LogP contribution in [0.2, 0.25) is 15.2 Å². The summed E-state index contributed by atoms with van der Waals surface area (Å²) < 4.78 is 0. The molecule has 0 atom stereocenters. The Morgan fingerprint density at radius 2 is 1.92 bits per heavy atom. The number of anilines is 2. The van der Waals surface area contributed by atoms with Gasteiger partial charge in [0.1, 0.15) is 16.8 Å². The van der Waals surface area contributed by atoms with Crippen LogP contribution in [0.4, 0.5) is 11.5 Å². The number of aromatic nitrogens is 2. The number of likely N-dealkylation sites (N-methyl/N-ethyl adjacent to an activating group) is 1. The average Bonchev–Trinajstić information content (AvgIpc) is 3.40. The topological polar surface area (TPSA) is 58.1 Å². The molecule has 0 radical (unpaired) electrons. The third-order valence-corrected chi connectivity index (χ3v) is 4.73. The number of hydrogen-bond acceptors (Lipinski definition) is 4. The molecule has 8 heteroatoms. The van der Waals surface area contributed by atoms with E-state index in [9.17, 15) is 4.79 Å². The highest BCUT2D eigenvalue weighted by Crippen LogP contribution is 2.39. The number of nitrogens with zero attached hydrogens (tertiary/aromatic N) is 3. The predicted molar refractivity (Wildman–Crippen MR) is 102 cm³/mol. The van der Waals surface area contributed by atoms with Crippen LogP contribution in [0.15, 0.2) is 24.3 Å². The van der Waals surface area contributed by atoms with Crippen molar-refractivity contribution in [2.24, 2.45) is 0 Å². The molecule has 25 heavy (non-hydrogen) atoms. The minimum atomic E-state index is -0.237. The zero-order valence-electron chi connectivity index (χ0n) is 13.6. The first-order valence-corrected chi connectivity index (χ1v) is 9.14. The van der Waals surface area contributed by atoms with Crippen molar-refractivity contribution in [3.05, 3.63) is 45.3 Å². The van der Waals surface area contributed by atoms with Gasteiger partial charge in [-0.3, -0.25) is 4.79 Å². The van der Waals surface area contributed by atoms with Gasteiger partial charge >= 0.3 is 0 Å². The molecule has 5 nitrogen and oxygen atoms in total. The van der Waals surface area contributed by atoms with E-state index in [1.54, 1.807) is 24.3 Å². The first-order valence-electron chi connectivity index (χ1n) is 8.01. The molecule has 1 aromatic carbocycles. The van der Waals surface area contributed by atoms with E-state index in [1.807, 2.05) is 11.8 Å². The Hall–Kier alpha value is -1.56. The second kappa shape index (κ2) is 7.77. The van der Waals surface area contributed by atoms with Crippen molar-refractivity contribution in [1.29, 1.82) is 0 Å². The van der Waals surface area contributed by atoms with Gasteiger partial charge < -0.3 is 10.2 Å². The van der Waals surface area contributed by atoms with E-state index in [0.717, 1.165) is 18.7 Å². The Bertz CT molecular complexity index is 775. The molecule has 1 saturated carbocycles. The second-order valence-corrected chi connectivity index (χ2v) is 7.04. The smallest absolute Gasteiger partial charge is 0.244 e. The van der Waals surface area contributed by atoms with Crippen LogP contribution >= 0.6 is 34.8 Å². The molecule has 1 aromatic heterocycles. The van der Waals surface area contributed by atoms with Crippen molar-refractivity contribution in [3.63, 3.8) is 0 Å². The van der Waals surface area contributed by atoms with Crippen LogP contribution in [0.25, 0.3) is 0 Å². The van der Waals surface area contributed by atoms with Gasteiger partial charge in [-0.2, -0.15) is 0 Å². The third-order valence-electron chi connectivity index (χ3n) is 3.91. The Labute approximate surface area is 161 Å². The maximum Gasteiger partial charge on any atom is 0.244 e. The maximum absolute atomic E-state index is 12.4. The fourth-order valence-corrected chi connectivity index (χ4v) is 3.11. The molecule has 1 aliphatic carbocycles. The lowest BCUT2D eigenvalue weighted by Crippen LogP contribution is -2.34. The van der Waals surface area contributed by atoms with Gasteiger partial charge in [-0.05, 0) is 31.9 Å². The highest BCUT2D eigenvalue weighted by Gasteiger charge is 2.28. The van der Waals surface area contributed by atoms with Crippen molar-refractivity contribution in [2.45, 2.75) is 25.7 Å². The number of carbonyl (C=O) groups excluding carboxylic acids is 1. The quantitative estimate of drug-likeness (QED) is 0.710. The predicted octanol–water partition coefficient (Wildman–Crippen LogP) is 4.78. The van der Waals surface area contributed by atoms with E-state index >= 15 is 0 Å². The van der Waals surface area contributed by atoms with Gasteiger partial charge in [-0.15, -0.1) is 0 Å². The fourth-order valence-electron chi connectivity index (χ4n) is 2.43. The van der Waals surface area contributed by atoms with Gasteiger partial charge in [-0.1, -0.05) is 40.9 Å². The van der Waals surface area contributed by atoms with Crippen LogP contribution in [0.1, 0.15) is 31.5 Å². The average molecular weight is 400 g/mol. The van der Waals surface area contributed by atoms with E-state index in [0.29, 0.717) is 39.2 Å². The Balaban J connectivity index is 1.75. The van der Waals surface area contributed by atoms with Crippen LogP contribution in [0, 0.1) is 0 Å². The number of amides is 1. The molecular weight excluding hydrogens is 383 g/mol. The minimum Gasteiger partial charge on any atom is -0.347 e. The fraction of sp³-hybridized carbons (Fsp3) is 0.353. The summed E-state index contributed by atoms with van der Waals surface area (Å²) >= 11 is 18.3. The lowest BCUT2D eigenvalue weighted by molar-refractivity contribution is -0.115. The van der Waals surface area contributed by atoms with Crippen LogP contribution in [-0.4, -0.2) is 29.0 Å². The van der Waals surface area contributed by atoms with Crippen molar-refractivity contribution in [2.75, 3.05) is 23.3 Å². The molecule has 0 saturated heterocycles. The van der Waals surface area contributed by atoms with Gasteiger partial charge in [0.2, 0.25) is 5.91 Å². The molecule has 0 aliphatic heterocycles. The first kappa shape index (κ1) is 18.2. The van der Waals surface area contributed by atoms with E-state index in [-0.39, 0.29) is 12.5 Å². The normalized spacial score (nSPS) is 13.6. The summed E-state index contributed by atoms with van der Waals surface area (Å²) in [5, 5.41) is 3.93. The molecule has 1 aliphatic rings. The molecule has 1 fully saturated rings. The van der Waals surface area contributed by atoms with Gasteiger partial charge in [0.05, 0.1) is 22.3 Å². The van der Waals surface area contributed by atoms with E-state index < -0.39 is 0 Å². The lowest BCUT2D eigenvalue weighted by Gasteiger charge is -2.22. The molecule has 1 heterocycles. The van der Waals surface area contributed by atoms with Gasteiger partial charge in [0, 0.05) is 18.5 Å². The first-order chi connectivity index (χ1) is 12.0. The number of nitrogens with one attached hydrogen (secondary N) is 1. The SMILES string of the molecule is CCN(CC(=O)Nc1c(Cl)cccc1Cl)c1cc(Cl)nc(C2CC2)n1. The molecule has 0 bridgehead atoms. The zero-order chi connectivity index (χ0) is 18.0. The molecule has 1 N–H and O–H groups in total. The molecule has 2 aromatic rings. The molecule has 1 amide bonds. The third kappa shape index (κ3) is 4.54. The van der Waals surface area contributed by atoms with Crippen molar-refractivity contribution in [1.82, 2.24) is 9.97 Å². The Morgan fingerprint density at radius 3 is 2.52 bits per heavy atom. The number of carbonyl (C=O) groups is 1. The second-order valence-electron chi connectivity index (χ2n) is 5.84. The number of benzene rings is 1. The zero-order valence-corrected chi connectivity index (χ0v) is 15.9. The van der Waals surface area contributed by atoms with E-state index in [2.05, 4.69) is 15.3 Å². The Morgan fingerprint density at radius 1 is 1.24 bits per heavy atom. The van der Waals surface area contributed by atoms with E-state index in [1.165, 1.54) is 0 Å². The summed E-state index contributed by atoms with van der Waals surface area (Å²) in [6.07, 6.45) is 2.16.